The fourth-order valence-electron chi connectivity index (χ4n) is 1.56. The monoisotopic (exact) mass is 302 g/mol. The number of benzene rings is 1. The molecule has 0 amide bonds. The van der Waals surface area contributed by atoms with Gasteiger partial charge in [-0.15, -0.1) is 5.10 Å². The van der Waals surface area contributed by atoms with Gasteiger partial charge in [0.05, 0.1) is 28.2 Å². The average molecular weight is 302 g/mol. The Kier molecular flexibility index (Phi) is 6.00. The summed E-state index contributed by atoms with van der Waals surface area (Å²) in [5.41, 5.74) is 1.65. The number of nitrogens with zero attached hydrogens (tertiary/aromatic N) is 5. The molecule has 2 rings (SSSR count). The second-order valence-electron chi connectivity index (χ2n) is 4.36. The molecule has 0 aliphatic rings. The minimum Gasteiger partial charge on any atom is -0.278 e. The molecule has 0 radical (unpaired) electrons. The van der Waals surface area contributed by atoms with Crippen LogP contribution in [0.4, 0.5) is 12.9 Å². The van der Waals surface area contributed by atoms with E-state index in [9.17, 15) is 12.9 Å². The number of para-hydroxylation sites is 1. The summed E-state index contributed by atoms with van der Waals surface area (Å²) in [5.74, 6) is 0. The Morgan fingerprint density at radius 3 is 2.33 bits per heavy atom. The SMILES string of the molecule is CN(C)C(On1nnc2ccccc21)=[N+](C)C.FB(F)F. The maximum absolute atomic E-state index is 9.67. The molecule has 0 saturated carbocycles. The molecule has 0 N–H and O–H groups in total. The molecule has 2 aromatic rings. The summed E-state index contributed by atoms with van der Waals surface area (Å²) >= 11 is 0. The van der Waals surface area contributed by atoms with E-state index in [4.69, 9.17) is 4.84 Å². The molecule has 21 heavy (non-hydrogen) atoms. The molecule has 0 unspecified atom stereocenters. The summed E-state index contributed by atoms with van der Waals surface area (Å²) < 4.78 is 30.9. The molecule has 0 atom stereocenters. The molecule has 114 valence electrons. The van der Waals surface area contributed by atoms with Gasteiger partial charge in [0.2, 0.25) is 0 Å². The molecule has 0 bridgehead atoms. The fourth-order valence-corrected chi connectivity index (χ4v) is 1.56. The van der Waals surface area contributed by atoms with Gasteiger partial charge in [-0.3, -0.25) is 17.8 Å². The minimum absolute atomic E-state index is 0.681. The van der Waals surface area contributed by atoms with Crippen LogP contribution in [-0.2, 0) is 0 Å². The van der Waals surface area contributed by atoms with Crippen LogP contribution in [0, 0.1) is 0 Å². The summed E-state index contributed by atoms with van der Waals surface area (Å²) in [7, 11) is 3.98. The Morgan fingerprint density at radius 1 is 1.24 bits per heavy atom. The third kappa shape index (κ3) is 4.97. The number of hydrogen-bond acceptors (Lipinski definition) is 3. The van der Waals surface area contributed by atoms with Crippen LogP contribution in [0.15, 0.2) is 24.3 Å². The molecular weight excluding hydrogens is 286 g/mol. The van der Waals surface area contributed by atoms with Crippen LogP contribution >= 0.6 is 0 Å². The number of aromatic nitrogens is 3. The molecule has 0 saturated heterocycles. The van der Waals surface area contributed by atoms with Gasteiger partial charge in [-0.1, -0.05) is 17.0 Å². The van der Waals surface area contributed by atoms with E-state index < -0.39 is 7.54 Å². The zero-order chi connectivity index (χ0) is 16.0. The Balaban J connectivity index is 0.000000491. The maximum Gasteiger partial charge on any atom is 0.762 e. The second kappa shape index (κ2) is 7.51. The first kappa shape index (κ1) is 16.8. The highest BCUT2D eigenvalue weighted by molar-refractivity contribution is 6.33. The first-order valence-electron chi connectivity index (χ1n) is 5.95. The lowest BCUT2D eigenvalue weighted by Crippen LogP contribution is -2.39. The molecule has 1 heterocycles. The Labute approximate surface area is 120 Å². The third-order valence-electron chi connectivity index (χ3n) is 2.25. The van der Waals surface area contributed by atoms with Gasteiger partial charge in [-0.2, -0.15) is 0 Å². The van der Waals surface area contributed by atoms with Crippen molar-refractivity contribution < 1.29 is 22.4 Å². The molecular formula is C11H16BF3N5O+. The molecule has 6 nitrogen and oxygen atoms in total. The quantitative estimate of drug-likeness (QED) is 0.340. The van der Waals surface area contributed by atoms with E-state index in [1.807, 2.05) is 61.9 Å². The standard InChI is InChI=1S/C11H16N5O.BF3/c1-14(2)11(15(3)4)17-16-10-8-6-5-7-9(10)12-13-16;2-1(3)4/h5-8H,1-4H3;/q+1;. The van der Waals surface area contributed by atoms with Crippen molar-refractivity contribution in [3.8, 4) is 0 Å². The molecule has 10 heteroatoms. The fraction of sp³-hybridized carbons (Fsp3) is 0.364. The van der Waals surface area contributed by atoms with Crippen LogP contribution in [-0.4, -0.2) is 66.4 Å². The van der Waals surface area contributed by atoms with Gasteiger partial charge in [0.1, 0.15) is 11.0 Å². The minimum atomic E-state index is -3.67. The largest absolute Gasteiger partial charge is 0.762 e. The van der Waals surface area contributed by atoms with E-state index in [-0.39, 0.29) is 0 Å². The second-order valence-corrected chi connectivity index (χ2v) is 4.36. The van der Waals surface area contributed by atoms with Crippen molar-refractivity contribution in [2.24, 2.45) is 0 Å². The number of fused-ring (bicyclic) bond motifs is 1. The number of rotatable bonds is 1. The Hall–Kier alpha value is -2.26. The third-order valence-corrected chi connectivity index (χ3v) is 2.25. The van der Waals surface area contributed by atoms with Gasteiger partial charge in [0.15, 0.2) is 0 Å². The van der Waals surface area contributed by atoms with Gasteiger partial charge in [0.25, 0.3) is 0 Å². The smallest absolute Gasteiger partial charge is 0.278 e. The van der Waals surface area contributed by atoms with Crippen molar-refractivity contribution >= 4 is 24.6 Å². The molecule has 0 fully saturated rings. The Bertz CT molecular complexity index is 610. The highest BCUT2D eigenvalue weighted by atomic mass is 19.4. The highest BCUT2D eigenvalue weighted by Gasteiger charge is 2.17. The Morgan fingerprint density at radius 2 is 1.81 bits per heavy atom. The van der Waals surface area contributed by atoms with Crippen molar-refractivity contribution in [1.82, 2.24) is 20.1 Å². The van der Waals surface area contributed by atoms with Gasteiger partial charge in [-0.05, 0) is 17.3 Å². The summed E-state index contributed by atoms with van der Waals surface area (Å²) in [6.45, 7) is 0. The van der Waals surface area contributed by atoms with Gasteiger partial charge in [0, 0.05) is 0 Å². The van der Waals surface area contributed by atoms with Gasteiger partial charge in [-0.25, -0.2) is 9.48 Å². The summed E-state index contributed by atoms with van der Waals surface area (Å²) in [6.07, 6.45) is 0. The topological polar surface area (TPSA) is 46.2 Å². The van der Waals surface area contributed by atoms with Crippen LogP contribution < -0.4 is 4.84 Å². The summed E-state index contributed by atoms with van der Waals surface area (Å²) in [4.78, 5) is 8.99. The van der Waals surface area contributed by atoms with Crippen LogP contribution in [0.5, 0.6) is 0 Å². The lowest BCUT2D eigenvalue weighted by molar-refractivity contribution is -0.480. The summed E-state index contributed by atoms with van der Waals surface area (Å²) in [6, 6.07) is 8.34. The summed E-state index contributed by atoms with van der Waals surface area (Å²) in [5, 5.41) is 8.00. The van der Waals surface area contributed by atoms with Crippen molar-refractivity contribution in [3.63, 3.8) is 0 Å². The van der Waals surface area contributed by atoms with E-state index in [1.54, 1.807) is 0 Å². The van der Waals surface area contributed by atoms with Crippen molar-refractivity contribution in [1.29, 1.82) is 0 Å². The molecule has 1 aromatic carbocycles. The maximum atomic E-state index is 9.67. The zero-order valence-electron chi connectivity index (χ0n) is 12.2. The van der Waals surface area contributed by atoms with Crippen LogP contribution in [0.3, 0.4) is 0 Å². The number of halogens is 3. The zero-order valence-corrected chi connectivity index (χ0v) is 12.2. The van der Waals surface area contributed by atoms with E-state index in [0.717, 1.165) is 11.0 Å². The predicted molar refractivity (Wildman–Crippen MR) is 74.0 cm³/mol. The molecule has 0 aliphatic heterocycles. The van der Waals surface area contributed by atoms with Gasteiger partial charge >= 0.3 is 13.6 Å². The van der Waals surface area contributed by atoms with Crippen molar-refractivity contribution in [3.05, 3.63) is 24.3 Å². The average Bonchev–Trinajstić information content (AvgIpc) is 2.77. The molecule has 0 aliphatic carbocycles. The lowest BCUT2D eigenvalue weighted by atomic mass is 10.3. The van der Waals surface area contributed by atoms with Crippen molar-refractivity contribution in [2.45, 2.75) is 0 Å². The first-order chi connectivity index (χ1) is 9.82. The van der Waals surface area contributed by atoms with Crippen LogP contribution in [0.25, 0.3) is 11.0 Å². The number of amidine groups is 1. The normalized spacial score (nSPS) is 9.67. The van der Waals surface area contributed by atoms with E-state index >= 15 is 0 Å². The van der Waals surface area contributed by atoms with Crippen molar-refractivity contribution in [2.75, 3.05) is 28.2 Å². The molecule has 1 aromatic heterocycles. The van der Waals surface area contributed by atoms with E-state index in [1.165, 1.54) is 4.85 Å². The van der Waals surface area contributed by atoms with E-state index in [2.05, 4.69) is 10.3 Å². The van der Waals surface area contributed by atoms with Crippen LogP contribution in [0.1, 0.15) is 0 Å². The van der Waals surface area contributed by atoms with Crippen LogP contribution in [0.2, 0.25) is 0 Å². The highest BCUT2D eigenvalue weighted by Crippen LogP contribution is 2.08. The van der Waals surface area contributed by atoms with Gasteiger partial charge < -0.3 is 0 Å². The lowest BCUT2D eigenvalue weighted by Gasteiger charge is -2.10. The van der Waals surface area contributed by atoms with E-state index in [0.29, 0.717) is 6.02 Å². The first-order valence-corrected chi connectivity index (χ1v) is 5.95. The number of hydrogen-bond donors (Lipinski definition) is 0. The molecule has 0 spiro atoms. The predicted octanol–water partition coefficient (Wildman–Crippen LogP) is 0.929.